The third-order valence-electron chi connectivity index (χ3n) is 10.9. The number of carbonyl (C=O) groups is 2. The topological polar surface area (TPSA) is 66.4 Å². The van der Waals surface area contributed by atoms with Crippen LogP contribution in [0.2, 0.25) is 0 Å². The normalized spacial score (nSPS) is 44.4. The summed E-state index contributed by atoms with van der Waals surface area (Å²) in [7, 11) is 0. The van der Waals surface area contributed by atoms with Crippen LogP contribution in [0.15, 0.2) is 0 Å². The van der Waals surface area contributed by atoms with E-state index < -0.39 is 5.97 Å². The lowest BCUT2D eigenvalue weighted by atomic mass is 9.44. The zero-order chi connectivity index (χ0) is 23.3. The molecule has 4 aliphatic rings. The predicted molar refractivity (Wildman–Crippen MR) is 128 cm³/mol. The van der Waals surface area contributed by atoms with Crippen molar-refractivity contribution in [2.75, 3.05) is 0 Å². The Kier molecular flexibility index (Phi) is 6.73. The first-order valence-electron chi connectivity index (χ1n) is 13.6. The monoisotopic (exact) mass is 445 g/mol. The maximum Gasteiger partial charge on any atom is 0.303 e. The van der Waals surface area contributed by atoms with Crippen molar-refractivity contribution in [1.82, 2.24) is 5.32 Å². The van der Waals surface area contributed by atoms with Gasteiger partial charge in [0.15, 0.2) is 0 Å². The molecule has 1 saturated heterocycles. The van der Waals surface area contributed by atoms with Gasteiger partial charge in [-0.15, -0.1) is 0 Å². The van der Waals surface area contributed by atoms with Gasteiger partial charge in [0.25, 0.3) is 0 Å². The number of fused-ring (bicyclic) bond motifs is 5. The van der Waals surface area contributed by atoms with Crippen LogP contribution in [0.3, 0.4) is 0 Å². The molecule has 0 aromatic heterocycles. The highest BCUT2D eigenvalue weighted by Crippen LogP contribution is 2.68. The Hall–Kier alpha value is -1.06. The number of carboxylic acids is 1. The fourth-order valence-corrected chi connectivity index (χ4v) is 9.31. The first kappa shape index (κ1) is 24.1. The van der Waals surface area contributed by atoms with Crippen LogP contribution in [-0.2, 0) is 9.59 Å². The number of nitrogens with one attached hydrogen (secondary N) is 1. The summed E-state index contributed by atoms with van der Waals surface area (Å²) in [6.07, 6.45) is 11.8. The second kappa shape index (κ2) is 8.95. The molecule has 0 spiro atoms. The van der Waals surface area contributed by atoms with Crippen molar-refractivity contribution in [3.63, 3.8) is 0 Å². The van der Waals surface area contributed by atoms with Crippen molar-refractivity contribution in [1.29, 1.82) is 0 Å². The van der Waals surface area contributed by atoms with E-state index in [0.29, 0.717) is 29.6 Å². The van der Waals surface area contributed by atoms with Crippen LogP contribution >= 0.6 is 0 Å². The van der Waals surface area contributed by atoms with Gasteiger partial charge in [0, 0.05) is 18.9 Å². The molecule has 0 bridgehead atoms. The molecule has 9 atom stereocenters. The largest absolute Gasteiger partial charge is 0.481 e. The van der Waals surface area contributed by atoms with E-state index in [1.54, 1.807) is 0 Å². The Morgan fingerprint density at radius 3 is 2.47 bits per heavy atom. The predicted octanol–water partition coefficient (Wildman–Crippen LogP) is 6.29. The Labute approximate surface area is 195 Å². The second-order valence-electron chi connectivity index (χ2n) is 13.0. The summed E-state index contributed by atoms with van der Waals surface area (Å²) in [6, 6.07) is 0.158. The van der Waals surface area contributed by atoms with Crippen LogP contribution in [0.4, 0.5) is 0 Å². The SMILES string of the molecule is CC(C)CCCC(C)C1CCC2C3C(CC[C@]12C)[C@@]1(C)CCC(=O)NC1C[C@@H]3CC(=O)O. The van der Waals surface area contributed by atoms with Crippen LogP contribution in [0, 0.1) is 52.3 Å². The Morgan fingerprint density at radius 2 is 1.78 bits per heavy atom. The average Bonchev–Trinajstić information content (AvgIpc) is 3.05. The Bertz CT molecular complexity index is 719. The van der Waals surface area contributed by atoms with E-state index >= 15 is 0 Å². The molecule has 3 aliphatic carbocycles. The van der Waals surface area contributed by atoms with Crippen LogP contribution < -0.4 is 5.32 Å². The lowest BCUT2D eigenvalue weighted by Crippen LogP contribution is -2.63. The summed E-state index contributed by atoms with van der Waals surface area (Å²) in [5.74, 6) is 3.75. The summed E-state index contributed by atoms with van der Waals surface area (Å²) in [5, 5.41) is 13.1. The van der Waals surface area contributed by atoms with Gasteiger partial charge in [0.05, 0.1) is 0 Å². The summed E-state index contributed by atoms with van der Waals surface area (Å²) < 4.78 is 0. The Balaban J connectivity index is 1.58. The zero-order valence-corrected chi connectivity index (χ0v) is 21.2. The van der Waals surface area contributed by atoms with Gasteiger partial charge >= 0.3 is 5.97 Å². The number of rotatable bonds is 7. The molecular weight excluding hydrogens is 398 g/mol. The number of carbonyl (C=O) groups excluding carboxylic acids is 1. The van der Waals surface area contributed by atoms with Crippen LogP contribution in [0.25, 0.3) is 0 Å². The summed E-state index contributed by atoms with van der Waals surface area (Å²) in [4.78, 5) is 24.1. The number of piperidine rings is 1. The average molecular weight is 446 g/mol. The molecule has 4 nitrogen and oxygen atoms in total. The maximum absolute atomic E-state index is 12.2. The molecule has 4 heteroatoms. The minimum Gasteiger partial charge on any atom is -0.481 e. The van der Waals surface area contributed by atoms with Crippen LogP contribution in [-0.4, -0.2) is 23.0 Å². The number of hydrogen-bond donors (Lipinski definition) is 2. The van der Waals surface area contributed by atoms with Gasteiger partial charge in [-0.25, -0.2) is 0 Å². The van der Waals surface area contributed by atoms with Crippen molar-refractivity contribution in [3.05, 3.63) is 0 Å². The highest BCUT2D eigenvalue weighted by atomic mass is 16.4. The van der Waals surface area contributed by atoms with Gasteiger partial charge in [0.2, 0.25) is 5.91 Å². The molecule has 3 saturated carbocycles. The molecule has 1 aliphatic heterocycles. The molecule has 0 aromatic rings. The summed E-state index contributed by atoms with van der Waals surface area (Å²) in [5.41, 5.74) is 0.492. The molecule has 32 heavy (non-hydrogen) atoms. The van der Waals surface area contributed by atoms with Crippen molar-refractivity contribution >= 4 is 11.9 Å². The van der Waals surface area contributed by atoms with Gasteiger partial charge in [-0.2, -0.15) is 0 Å². The fraction of sp³-hybridized carbons (Fsp3) is 0.929. The molecule has 4 fully saturated rings. The van der Waals surface area contributed by atoms with E-state index in [1.165, 1.54) is 44.9 Å². The van der Waals surface area contributed by atoms with E-state index in [9.17, 15) is 14.7 Å². The molecule has 2 N–H and O–H groups in total. The first-order valence-corrected chi connectivity index (χ1v) is 13.6. The van der Waals surface area contributed by atoms with Gasteiger partial charge < -0.3 is 10.4 Å². The molecular formula is C28H47NO3. The molecule has 1 heterocycles. The maximum atomic E-state index is 12.2. The number of amides is 1. The highest BCUT2D eigenvalue weighted by molar-refractivity contribution is 5.77. The standard InChI is InChI=1S/C28H47NO3/c1-17(2)7-6-8-18(3)20-9-10-21-26-19(16-25(31)32)15-23-28(5,14-12-24(30)29-23)22(26)11-13-27(20,21)4/h17-23,26H,6-16H2,1-5H3,(H,29,30)(H,31,32)/t18?,19-,20?,21?,22?,23?,26?,27-,28-/m1/s1. The molecule has 0 aromatic carbocycles. The van der Waals surface area contributed by atoms with Gasteiger partial charge in [-0.05, 0) is 90.8 Å². The first-order chi connectivity index (χ1) is 15.1. The lowest BCUT2D eigenvalue weighted by molar-refractivity contribution is -0.154. The van der Waals surface area contributed by atoms with Gasteiger partial charge in [0.1, 0.15) is 0 Å². The second-order valence-corrected chi connectivity index (χ2v) is 13.0. The van der Waals surface area contributed by atoms with Crippen molar-refractivity contribution < 1.29 is 14.7 Å². The van der Waals surface area contributed by atoms with Crippen molar-refractivity contribution in [3.8, 4) is 0 Å². The van der Waals surface area contributed by atoms with E-state index in [-0.39, 0.29) is 29.7 Å². The molecule has 182 valence electrons. The fourth-order valence-electron chi connectivity index (χ4n) is 9.31. The Morgan fingerprint density at radius 1 is 1.06 bits per heavy atom. The third kappa shape index (κ3) is 4.13. The van der Waals surface area contributed by atoms with Crippen LogP contribution in [0.1, 0.15) is 105 Å². The smallest absolute Gasteiger partial charge is 0.303 e. The van der Waals surface area contributed by atoms with E-state index in [4.69, 9.17) is 0 Å². The molecule has 6 unspecified atom stereocenters. The van der Waals surface area contributed by atoms with E-state index in [2.05, 4.69) is 39.9 Å². The molecule has 1 amide bonds. The van der Waals surface area contributed by atoms with Crippen molar-refractivity contribution in [2.24, 2.45) is 52.3 Å². The van der Waals surface area contributed by atoms with Crippen LogP contribution in [0.5, 0.6) is 0 Å². The lowest BCUT2D eigenvalue weighted by Gasteiger charge is -2.62. The highest BCUT2D eigenvalue weighted by Gasteiger charge is 2.63. The van der Waals surface area contributed by atoms with Gasteiger partial charge in [-0.3, -0.25) is 9.59 Å². The number of aliphatic carboxylic acids is 1. The molecule has 4 rings (SSSR count). The minimum atomic E-state index is -0.664. The number of hydrogen-bond acceptors (Lipinski definition) is 2. The minimum absolute atomic E-state index is 0.135. The summed E-state index contributed by atoms with van der Waals surface area (Å²) >= 11 is 0. The third-order valence-corrected chi connectivity index (χ3v) is 10.9. The molecule has 0 radical (unpaired) electrons. The van der Waals surface area contributed by atoms with E-state index in [1.807, 2.05) is 0 Å². The quantitative estimate of drug-likeness (QED) is 0.484. The van der Waals surface area contributed by atoms with Crippen molar-refractivity contribution in [2.45, 2.75) is 111 Å². The summed E-state index contributed by atoms with van der Waals surface area (Å²) in [6.45, 7) is 12.1. The van der Waals surface area contributed by atoms with Gasteiger partial charge in [-0.1, -0.05) is 53.9 Å². The van der Waals surface area contributed by atoms with E-state index in [0.717, 1.165) is 30.6 Å². The zero-order valence-electron chi connectivity index (χ0n) is 21.2. The number of carboxylic acid groups (broad SMARTS) is 1.